The monoisotopic (exact) mass is 347 g/mol. The fourth-order valence-corrected chi connectivity index (χ4v) is 2.08. The van der Waals surface area contributed by atoms with Crippen LogP contribution in [0.4, 0.5) is 0 Å². The first kappa shape index (κ1) is 17.9. The van der Waals surface area contributed by atoms with Gasteiger partial charge in [-0.15, -0.1) is 5.06 Å². The van der Waals surface area contributed by atoms with E-state index in [1.165, 1.54) is 12.1 Å². The quantitative estimate of drug-likeness (QED) is 0.244. The molecule has 11 nitrogen and oxygen atoms in total. The Balaban J connectivity index is 2.04. The molecule has 1 atom stereocenters. The van der Waals surface area contributed by atoms with E-state index in [9.17, 15) is 19.2 Å². The molecule has 0 fully saturated rings. The number of rotatable bonds is 7. The first-order valence-electron chi connectivity index (χ1n) is 6.98. The van der Waals surface area contributed by atoms with Crippen LogP contribution in [0.25, 0.3) is 10.4 Å². The summed E-state index contributed by atoms with van der Waals surface area (Å²) in [6.45, 7) is -1.06. The number of hydrogen-bond acceptors (Lipinski definition) is 7. The molecule has 1 N–H and O–H groups in total. The van der Waals surface area contributed by atoms with Crippen molar-refractivity contribution in [3.8, 4) is 0 Å². The van der Waals surface area contributed by atoms with Gasteiger partial charge in [0, 0.05) is 4.91 Å². The van der Waals surface area contributed by atoms with Gasteiger partial charge in [-0.1, -0.05) is 17.2 Å². The number of imide groups is 1. The molecule has 3 amide bonds. The van der Waals surface area contributed by atoms with E-state index < -0.39 is 42.9 Å². The van der Waals surface area contributed by atoms with Crippen molar-refractivity contribution >= 4 is 23.7 Å². The SMILES string of the molecule is COC(=O)[C@H](CON1C(=O)c2ccccc2C1=O)NC(=O)CN=[N+]=[N-]. The van der Waals surface area contributed by atoms with E-state index in [-0.39, 0.29) is 11.1 Å². The maximum atomic E-state index is 12.1. The molecule has 11 heteroatoms. The summed E-state index contributed by atoms with van der Waals surface area (Å²) in [6, 6.07) is 4.84. The molecule has 2 rings (SSSR count). The van der Waals surface area contributed by atoms with Gasteiger partial charge in [0.2, 0.25) is 5.91 Å². The highest BCUT2D eigenvalue weighted by atomic mass is 16.7. The van der Waals surface area contributed by atoms with Gasteiger partial charge in [0.05, 0.1) is 18.2 Å². The smallest absolute Gasteiger partial charge is 0.330 e. The van der Waals surface area contributed by atoms with Crippen molar-refractivity contribution in [2.24, 2.45) is 5.11 Å². The average Bonchev–Trinajstić information content (AvgIpc) is 2.87. The number of amides is 3. The van der Waals surface area contributed by atoms with Crippen LogP contribution in [0, 0.1) is 0 Å². The number of nitrogens with zero attached hydrogens (tertiary/aromatic N) is 4. The summed E-state index contributed by atoms with van der Waals surface area (Å²) in [6.07, 6.45) is 0. The third kappa shape index (κ3) is 3.91. The second-order valence-corrected chi connectivity index (χ2v) is 4.78. The van der Waals surface area contributed by atoms with Crippen molar-refractivity contribution in [3.63, 3.8) is 0 Å². The van der Waals surface area contributed by atoms with Gasteiger partial charge >= 0.3 is 5.97 Å². The Hall–Kier alpha value is -3.43. The van der Waals surface area contributed by atoms with E-state index >= 15 is 0 Å². The number of carbonyl (C=O) groups is 4. The molecule has 1 aliphatic rings. The first-order valence-corrected chi connectivity index (χ1v) is 6.98. The van der Waals surface area contributed by atoms with Crippen LogP contribution < -0.4 is 5.32 Å². The molecule has 130 valence electrons. The lowest BCUT2D eigenvalue weighted by Crippen LogP contribution is -2.47. The van der Waals surface area contributed by atoms with Gasteiger partial charge in [0.15, 0.2) is 6.04 Å². The van der Waals surface area contributed by atoms with Crippen molar-refractivity contribution in [2.75, 3.05) is 20.3 Å². The van der Waals surface area contributed by atoms with Crippen molar-refractivity contribution in [1.82, 2.24) is 10.4 Å². The van der Waals surface area contributed by atoms with Gasteiger partial charge in [-0.25, -0.2) is 4.79 Å². The molecule has 0 spiro atoms. The molecule has 1 aliphatic heterocycles. The van der Waals surface area contributed by atoms with E-state index in [4.69, 9.17) is 10.4 Å². The van der Waals surface area contributed by atoms with Crippen LogP contribution >= 0.6 is 0 Å². The van der Waals surface area contributed by atoms with E-state index in [2.05, 4.69) is 20.1 Å². The third-order valence-corrected chi connectivity index (χ3v) is 3.23. The van der Waals surface area contributed by atoms with Gasteiger partial charge in [-0.2, -0.15) is 0 Å². The highest BCUT2D eigenvalue weighted by Gasteiger charge is 2.37. The summed E-state index contributed by atoms with van der Waals surface area (Å²) in [5.74, 6) is -2.96. The zero-order valence-corrected chi connectivity index (χ0v) is 13.0. The molecule has 0 saturated carbocycles. The fraction of sp³-hybridized carbons (Fsp3) is 0.286. The van der Waals surface area contributed by atoms with Gasteiger partial charge < -0.3 is 10.1 Å². The summed E-state index contributed by atoms with van der Waals surface area (Å²) in [7, 11) is 1.09. The number of hydrogen-bond donors (Lipinski definition) is 1. The number of azide groups is 1. The fourth-order valence-electron chi connectivity index (χ4n) is 2.08. The zero-order valence-electron chi connectivity index (χ0n) is 13.0. The number of esters is 1. The average molecular weight is 347 g/mol. The molecule has 1 aromatic rings. The lowest BCUT2D eigenvalue weighted by atomic mass is 10.1. The predicted octanol–water partition coefficient (Wildman–Crippen LogP) is 0.182. The lowest BCUT2D eigenvalue weighted by molar-refractivity contribution is -0.152. The van der Waals surface area contributed by atoms with Gasteiger partial charge in [0.25, 0.3) is 11.8 Å². The molecule has 0 bridgehead atoms. The standard InChI is InChI=1S/C14H13N5O6/c1-24-14(23)10(17-11(20)6-16-18-15)7-25-19-12(21)8-4-2-3-5-9(8)13(19)22/h2-5,10H,6-7H2,1H3,(H,17,20)/t10-/m0/s1. The first-order chi connectivity index (χ1) is 12.0. The summed E-state index contributed by atoms with van der Waals surface area (Å²) in [4.78, 5) is 55.1. The maximum Gasteiger partial charge on any atom is 0.330 e. The van der Waals surface area contributed by atoms with E-state index in [1.54, 1.807) is 12.1 Å². The molecular weight excluding hydrogens is 334 g/mol. The highest BCUT2D eigenvalue weighted by molar-refractivity contribution is 6.20. The van der Waals surface area contributed by atoms with Crippen LogP contribution in [0.1, 0.15) is 20.7 Å². The van der Waals surface area contributed by atoms with Crippen LogP contribution in [0.15, 0.2) is 29.4 Å². The van der Waals surface area contributed by atoms with Crippen molar-refractivity contribution in [2.45, 2.75) is 6.04 Å². The van der Waals surface area contributed by atoms with Crippen molar-refractivity contribution < 1.29 is 28.8 Å². The maximum absolute atomic E-state index is 12.1. The Morgan fingerprint density at radius 2 is 1.88 bits per heavy atom. The van der Waals surface area contributed by atoms with Crippen LogP contribution in [0.3, 0.4) is 0 Å². The van der Waals surface area contributed by atoms with Gasteiger partial charge in [0.1, 0.15) is 13.2 Å². The number of benzene rings is 1. The second kappa shape index (κ2) is 7.90. The van der Waals surface area contributed by atoms with Crippen LogP contribution in [-0.2, 0) is 19.2 Å². The lowest BCUT2D eigenvalue weighted by Gasteiger charge is -2.19. The highest BCUT2D eigenvalue weighted by Crippen LogP contribution is 2.22. The summed E-state index contributed by atoms with van der Waals surface area (Å²) >= 11 is 0. The third-order valence-electron chi connectivity index (χ3n) is 3.23. The van der Waals surface area contributed by atoms with Crippen LogP contribution in [0.2, 0.25) is 0 Å². The summed E-state index contributed by atoms with van der Waals surface area (Å²) in [5.41, 5.74) is 8.53. The van der Waals surface area contributed by atoms with Gasteiger partial charge in [-0.3, -0.25) is 19.2 Å². The minimum atomic E-state index is -1.30. The topological polar surface area (TPSA) is 151 Å². The Bertz CT molecular complexity index is 738. The Morgan fingerprint density at radius 1 is 1.28 bits per heavy atom. The second-order valence-electron chi connectivity index (χ2n) is 4.78. The van der Waals surface area contributed by atoms with E-state index in [0.29, 0.717) is 5.06 Å². The Kier molecular flexibility index (Phi) is 5.66. The molecule has 25 heavy (non-hydrogen) atoms. The molecule has 0 aliphatic carbocycles. The molecule has 1 heterocycles. The summed E-state index contributed by atoms with van der Waals surface area (Å²) in [5, 5.41) is 5.79. The van der Waals surface area contributed by atoms with Crippen LogP contribution in [-0.4, -0.2) is 55.1 Å². The van der Waals surface area contributed by atoms with Crippen molar-refractivity contribution in [3.05, 3.63) is 45.8 Å². The summed E-state index contributed by atoms with van der Waals surface area (Å²) < 4.78 is 4.52. The number of nitrogens with one attached hydrogen (secondary N) is 1. The van der Waals surface area contributed by atoms with Crippen molar-refractivity contribution in [1.29, 1.82) is 0 Å². The van der Waals surface area contributed by atoms with Gasteiger partial charge in [-0.05, 0) is 17.7 Å². The predicted molar refractivity (Wildman–Crippen MR) is 80.9 cm³/mol. The number of fused-ring (bicyclic) bond motifs is 1. The number of ether oxygens (including phenoxy) is 1. The number of hydroxylamine groups is 2. The zero-order chi connectivity index (χ0) is 18.4. The molecular formula is C14H13N5O6. The molecule has 0 radical (unpaired) electrons. The molecule has 1 aromatic carbocycles. The van der Waals surface area contributed by atoms with E-state index in [0.717, 1.165) is 7.11 Å². The Morgan fingerprint density at radius 3 is 2.40 bits per heavy atom. The Labute approximate surface area is 141 Å². The number of methoxy groups -OCH3 is 1. The molecule has 0 aromatic heterocycles. The minimum Gasteiger partial charge on any atom is -0.467 e. The normalized spacial score (nSPS) is 13.7. The largest absolute Gasteiger partial charge is 0.467 e. The molecule has 0 saturated heterocycles. The van der Waals surface area contributed by atoms with Crippen LogP contribution in [0.5, 0.6) is 0 Å². The number of carbonyl (C=O) groups excluding carboxylic acids is 4. The van der Waals surface area contributed by atoms with E-state index in [1.807, 2.05) is 0 Å². The minimum absolute atomic E-state index is 0.175. The molecule has 0 unspecified atom stereocenters.